The lowest BCUT2D eigenvalue weighted by Crippen LogP contribution is -2.14. The Morgan fingerprint density at radius 1 is 1.19 bits per heavy atom. The van der Waals surface area contributed by atoms with E-state index >= 15 is 0 Å². The van der Waals surface area contributed by atoms with Crippen LogP contribution in [-0.2, 0) is 11.2 Å². The molecule has 0 atom stereocenters. The molecule has 0 bridgehead atoms. The molecule has 0 aliphatic heterocycles. The predicted molar refractivity (Wildman–Crippen MR) is 106 cm³/mol. The average molecular weight is 379 g/mol. The summed E-state index contributed by atoms with van der Waals surface area (Å²) in [5.74, 6) is 0.798. The molecule has 27 heavy (non-hydrogen) atoms. The average Bonchev–Trinajstić information content (AvgIpc) is 3.05. The van der Waals surface area contributed by atoms with Gasteiger partial charge >= 0.3 is 0 Å². The minimum atomic E-state index is -0.188. The second-order valence-corrected chi connectivity index (χ2v) is 6.93. The summed E-state index contributed by atoms with van der Waals surface area (Å²) in [6.07, 6.45) is 0.693. The van der Waals surface area contributed by atoms with Gasteiger partial charge in [-0.2, -0.15) is 0 Å². The normalized spacial score (nSPS) is 11.1. The van der Waals surface area contributed by atoms with E-state index in [1.165, 1.54) is 17.8 Å². The van der Waals surface area contributed by atoms with Crippen LogP contribution in [-0.4, -0.2) is 26.7 Å². The Kier molecular flexibility index (Phi) is 4.68. The fraction of sp³-hybridized carbons (Fsp3) is 0.150. The van der Waals surface area contributed by atoms with Crippen LogP contribution in [0, 0.1) is 0 Å². The minimum absolute atomic E-state index is 0.104. The zero-order valence-electron chi connectivity index (χ0n) is 14.6. The number of nitrogens with one attached hydrogen (secondary N) is 1. The number of amides is 1. The van der Waals surface area contributed by atoms with E-state index in [-0.39, 0.29) is 17.4 Å². The Labute approximate surface area is 159 Å². The number of phenols is 1. The van der Waals surface area contributed by atoms with Gasteiger partial charge in [0.15, 0.2) is 5.58 Å². The molecule has 2 N–H and O–H groups in total. The number of phenolic OH excluding ortho intramolecular Hbond substituents is 1. The smallest absolute Gasteiger partial charge is 0.234 e. The molecule has 0 spiro atoms. The maximum Gasteiger partial charge on any atom is 0.234 e. The lowest BCUT2D eigenvalue weighted by atomic mass is 10.2. The zero-order chi connectivity index (χ0) is 18.8. The number of carbonyl (C=O) groups is 1. The van der Waals surface area contributed by atoms with Crippen molar-refractivity contribution in [1.29, 1.82) is 0 Å². The molecule has 0 aliphatic carbocycles. The number of hydrogen-bond acceptors (Lipinski definition) is 6. The Balaban J connectivity index is 1.60. The van der Waals surface area contributed by atoms with Crippen LogP contribution in [0.3, 0.4) is 0 Å². The lowest BCUT2D eigenvalue weighted by Gasteiger charge is -2.06. The van der Waals surface area contributed by atoms with Gasteiger partial charge in [-0.25, -0.2) is 9.97 Å². The van der Waals surface area contributed by atoms with Gasteiger partial charge in [0, 0.05) is 23.6 Å². The van der Waals surface area contributed by atoms with Crippen LogP contribution in [0.25, 0.3) is 22.1 Å². The van der Waals surface area contributed by atoms with Gasteiger partial charge < -0.3 is 14.8 Å². The summed E-state index contributed by atoms with van der Waals surface area (Å²) in [6, 6.07) is 14.2. The number of benzene rings is 2. The highest BCUT2D eigenvalue weighted by molar-refractivity contribution is 8.00. The van der Waals surface area contributed by atoms with E-state index in [4.69, 9.17) is 4.42 Å². The van der Waals surface area contributed by atoms with Crippen LogP contribution in [0.2, 0.25) is 0 Å². The summed E-state index contributed by atoms with van der Waals surface area (Å²) in [6.45, 7) is 1.99. The molecule has 0 radical (unpaired) electrons. The summed E-state index contributed by atoms with van der Waals surface area (Å²) in [5, 5.41) is 13.8. The Morgan fingerprint density at radius 2 is 2.04 bits per heavy atom. The summed E-state index contributed by atoms with van der Waals surface area (Å²) >= 11 is 1.31. The number of hydrogen-bond donors (Lipinski definition) is 2. The van der Waals surface area contributed by atoms with E-state index in [0.717, 1.165) is 16.5 Å². The lowest BCUT2D eigenvalue weighted by molar-refractivity contribution is -0.113. The molecule has 4 aromatic rings. The van der Waals surface area contributed by atoms with Crippen LogP contribution in [0.4, 0.5) is 5.69 Å². The molecule has 0 saturated carbocycles. The molecular weight excluding hydrogens is 362 g/mol. The number of rotatable bonds is 5. The van der Waals surface area contributed by atoms with Gasteiger partial charge in [0.1, 0.15) is 27.7 Å². The molecule has 7 heteroatoms. The Morgan fingerprint density at radius 3 is 2.85 bits per heavy atom. The van der Waals surface area contributed by atoms with E-state index in [1.807, 2.05) is 31.2 Å². The summed E-state index contributed by atoms with van der Waals surface area (Å²) in [5.41, 5.74) is 2.67. The number of fused-ring (bicyclic) bond motifs is 3. The molecule has 0 aliphatic rings. The first kappa shape index (κ1) is 17.4. The molecule has 1 amide bonds. The summed E-state index contributed by atoms with van der Waals surface area (Å²) in [7, 11) is 0. The van der Waals surface area contributed by atoms with Crippen LogP contribution in [0.5, 0.6) is 5.75 Å². The first-order valence-corrected chi connectivity index (χ1v) is 9.52. The van der Waals surface area contributed by atoms with Gasteiger partial charge in [-0.15, -0.1) is 0 Å². The second-order valence-electron chi connectivity index (χ2n) is 5.96. The molecule has 6 nitrogen and oxygen atoms in total. The van der Waals surface area contributed by atoms with Crippen LogP contribution in [0.1, 0.15) is 12.7 Å². The third-order valence-corrected chi connectivity index (χ3v) is 4.98. The van der Waals surface area contributed by atoms with Crippen LogP contribution < -0.4 is 5.32 Å². The number of aryl methyl sites for hydroxylation is 1. The Hall–Kier alpha value is -3.06. The van der Waals surface area contributed by atoms with E-state index in [9.17, 15) is 9.90 Å². The van der Waals surface area contributed by atoms with Crippen molar-refractivity contribution in [2.45, 2.75) is 18.4 Å². The molecular formula is C20H17N3O3S. The number of para-hydroxylation sites is 1. The van der Waals surface area contributed by atoms with Crippen molar-refractivity contribution in [3.8, 4) is 5.75 Å². The van der Waals surface area contributed by atoms with Crippen LogP contribution >= 0.6 is 11.8 Å². The fourth-order valence-corrected chi connectivity index (χ4v) is 3.56. The zero-order valence-corrected chi connectivity index (χ0v) is 15.4. The second kappa shape index (κ2) is 7.28. The minimum Gasteiger partial charge on any atom is -0.508 e. The third-order valence-electron chi connectivity index (χ3n) is 4.02. The summed E-state index contributed by atoms with van der Waals surface area (Å²) < 4.78 is 5.94. The highest BCUT2D eigenvalue weighted by atomic mass is 32.2. The topological polar surface area (TPSA) is 88.2 Å². The van der Waals surface area contributed by atoms with E-state index in [2.05, 4.69) is 15.3 Å². The number of carbonyl (C=O) groups excluding carboxylic acids is 1. The first-order valence-electron chi connectivity index (χ1n) is 8.54. The molecule has 136 valence electrons. The maximum absolute atomic E-state index is 12.3. The first-order chi connectivity index (χ1) is 13.1. The van der Waals surface area contributed by atoms with Crippen molar-refractivity contribution in [3.05, 3.63) is 54.4 Å². The molecule has 4 rings (SSSR count). The molecule has 2 aromatic carbocycles. The molecule has 2 aromatic heterocycles. The van der Waals surface area contributed by atoms with E-state index in [0.29, 0.717) is 28.5 Å². The van der Waals surface area contributed by atoms with Crippen LogP contribution in [0.15, 0.2) is 58.0 Å². The number of nitrogens with zero attached hydrogens (tertiary/aromatic N) is 2. The number of anilines is 1. The maximum atomic E-state index is 12.3. The molecule has 0 unspecified atom stereocenters. The number of thioether (sulfide) groups is 1. The van der Waals surface area contributed by atoms with Gasteiger partial charge in [-0.1, -0.05) is 36.9 Å². The number of furan rings is 1. The number of aromatic nitrogens is 2. The van der Waals surface area contributed by atoms with Crippen molar-refractivity contribution in [2.24, 2.45) is 0 Å². The monoisotopic (exact) mass is 379 g/mol. The quantitative estimate of drug-likeness (QED) is 0.395. The van der Waals surface area contributed by atoms with Crippen molar-refractivity contribution >= 4 is 45.4 Å². The fourth-order valence-electron chi connectivity index (χ4n) is 2.78. The van der Waals surface area contributed by atoms with Crippen molar-refractivity contribution in [1.82, 2.24) is 9.97 Å². The van der Waals surface area contributed by atoms with Gasteiger partial charge in [0.2, 0.25) is 5.91 Å². The van der Waals surface area contributed by atoms with Crippen molar-refractivity contribution in [3.63, 3.8) is 0 Å². The van der Waals surface area contributed by atoms with Crippen molar-refractivity contribution in [2.75, 3.05) is 11.1 Å². The van der Waals surface area contributed by atoms with E-state index < -0.39 is 0 Å². The van der Waals surface area contributed by atoms with Gasteiger partial charge in [0.05, 0.1) is 5.75 Å². The highest BCUT2D eigenvalue weighted by Crippen LogP contribution is 2.33. The SMILES string of the molecule is CCc1nc(SCC(=O)Nc2cccc(O)c2)c2oc3ccccc3c2n1. The van der Waals surface area contributed by atoms with Crippen molar-refractivity contribution < 1.29 is 14.3 Å². The third kappa shape index (κ3) is 3.59. The molecule has 0 saturated heterocycles. The van der Waals surface area contributed by atoms with Gasteiger partial charge in [-0.3, -0.25) is 4.79 Å². The molecule has 0 fully saturated rings. The number of aromatic hydroxyl groups is 1. The largest absolute Gasteiger partial charge is 0.508 e. The predicted octanol–water partition coefficient (Wildman–Crippen LogP) is 4.37. The van der Waals surface area contributed by atoms with E-state index in [1.54, 1.807) is 18.2 Å². The standard InChI is InChI=1S/C20H17N3O3S/c1-2-16-22-18-14-8-3-4-9-15(14)26-19(18)20(23-16)27-11-17(25)21-12-6-5-7-13(24)10-12/h3-10,24H,2,11H2,1H3,(H,21,25). The highest BCUT2D eigenvalue weighted by Gasteiger charge is 2.16. The molecule has 2 heterocycles. The van der Waals surface area contributed by atoms with Gasteiger partial charge in [0.25, 0.3) is 0 Å². The Bertz CT molecular complexity index is 1140. The van der Waals surface area contributed by atoms with Gasteiger partial charge in [-0.05, 0) is 24.3 Å². The summed E-state index contributed by atoms with van der Waals surface area (Å²) in [4.78, 5) is 21.4.